The van der Waals surface area contributed by atoms with Gasteiger partial charge in [0.15, 0.2) is 6.10 Å². The molecule has 0 saturated carbocycles. The maximum Gasteiger partial charge on any atom is 0.330 e. The lowest BCUT2D eigenvalue weighted by atomic mass is 10.2. The summed E-state index contributed by atoms with van der Waals surface area (Å²) in [5.41, 5.74) is 0. The van der Waals surface area contributed by atoms with Gasteiger partial charge < -0.3 is 19.7 Å². The van der Waals surface area contributed by atoms with Crippen LogP contribution in [-0.2, 0) is 14.3 Å². The Morgan fingerprint density at radius 2 is 2.00 bits per heavy atom. The van der Waals surface area contributed by atoms with Crippen molar-refractivity contribution in [2.24, 2.45) is 0 Å². The highest BCUT2D eigenvalue weighted by molar-refractivity contribution is 5.81. The van der Waals surface area contributed by atoms with E-state index in [9.17, 15) is 4.79 Å². The average Bonchev–Trinajstić information content (AvgIpc) is 2.27. The van der Waals surface area contributed by atoms with Crippen LogP contribution in [0.15, 0.2) is 12.7 Å². The van der Waals surface area contributed by atoms with Crippen LogP contribution in [-0.4, -0.2) is 48.2 Å². The fourth-order valence-electron chi connectivity index (χ4n) is 0.975. The second-order valence-electron chi connectivity index (χ2n) is 2.95. The Labute approximate surface area is 89.3 Å². The summed E-state index contributed by atoms with van der Waals surface area (Å²) in [5, 5.41) is 18.0. The molecule has 0 aromatic rings. The largest absolute Gasteiger partial charge is 0.454 e. The molecule has 0 radical (unpaired) electrons. The van der Waals surface area contributed by atoms with Crippen molar-refractivity contribution in [3.8, 4) is 0 Å². The molecule has 0 aliphatic rings. The molecule has 0 unspecified atom stereocenters. The Morgan fingerprint density at radius 3 is 2.40 bits per heavy atom. The van der Waals surface area contributed by atoms with Crippen molar-refractivity contribution in [2.75, 3.05) is 19.8 Å². The number of rotatable bonds is 8. The zero-order valence-corrected chi connectivity index (χ0v) is 8.89. The van der Waals surface area contributed by atoms with E-state index in [0.717, 1.165) is 12.5 Å². The van der Waals surface area contributed by atoms with Crippen molar-refractivity contribution < 1.29 is 24.5 Å². The van der Waals surface area contributed by atoms with Crippen molar-refractivity contribution in [2.45, 2.75) is 25.6 Å². The minimum Gasteiger partial charge on any atom is -0.454 e. The standard InChI is InChI=1S/C10H18O5/c1-3-5-14-8(6-11)9(7-12)15-10(13)4-2/h4,8-9,11-12H,2-3,5-7H2,1H3/t8-,9+/m1/s1. The zero-order valence-electron chi connectivity index (χ0n) is 8.89. The van der Waals surface area contributed by atoms with Gasteiger partial charge >= 0.3 is 5.97 Å². The Balaban J connectivity index is 4.19. The summed E-state index contributed by atoms with van der Waals surface area (Å²) in [6.07, 6.45) is 0.229. The molecule has 5 nitrogen and oxygen atoms in total. The van der Waals surface area contributed by atoms with Gasteiger partial charge in [-0.1, -0.05) is 13.5 Å². The Bertz CT molecular complexity index is 192. The molecule has 0 heterocycles. The molecule has 0 aliphatic carbocycles. The highest BCUT2D eigenvalue weighted by Gasteiger charge is 2.23. The van der Waals surface area contributed by atoms with Crippen LogP contribution in [0.25, 0.3) is 0 Å². The van der Waals surface area contributed by atoms with E-state index >= 15 is 0 Å². The van der Waals surface area contributed by atoms with Gasteiger partial charge in [-0.05, 0) is 6.42 Å². The van der Waals surface area contributed by atoms with Gasteiger partial charge in [0.05, 0.1) is 13.2 Å². The van der Waals surface area contributed by atoms with Crippen molar-refractivity contribution in [1.82, 2.24) is 0 Å². The van der Waals surface area contributed by atoms with Gasteiger partial charge in [-0.25, -0.2) is 4.79 Å². The summed E-state index contributed by atoms with van der Waals surface area (Å²) in [5.74, 6) is -0.646. The van der Waals surface area contributed by atoms with Gasteiger partial charge in [0.25, 0.3) is 0 Å². The van der Waals surface area contributed by atoms with Crippen LogP contribution in [0.3, 0.4) is 0 Å². The lowest BCUT2D eigenvalue weighted by Gasteiger charge is -2.23. The molecule has 0 amide bonds. The van der Waals surface area contributed by atoms with Crippen LogP contribution < -0.4 is 0 Å². The molecule has 5 heteroatoms. The van der Waals surface area contributed by atoms with Crippen molar-refractivity contribution in [1.29, 1.82) is 0 Å². The van der Waals surface area contributed by atoms with Gasteiger partial charge in [0, 0.05) is 12.7 Å². The number of ether oxygens (including phenoxy) is 2. The Hall–Kier alpha value is -0.910. The van der Waals surface area contributed by atoms with Crippen molar-refractivity contribution in [3.63, 3.8) is 0 Å². The van der Waals surface area contributed by atoms with E-state index in [2.05, 4.69) is 6.58 Å². The molecule has 2 atom stereocenters. The number of aliphatic hydroxyl groups excluding tert-OH is 2. The molecule has 0 saturated heterocycles. The van der Waals surface area contributed by atoms with Crippen LogP contribution in [0, 0.1) is 0 Å². The third kappa shape index (κ3) is 5.51. The maximum absolute atomic E-state index is 10.9. The zero-order chi connectivity index (χ0) is 11.7. The van der Waals surface area contributed by atoms with E-state index in [-0.39, 0.29) is 6.61 Å². The summed E-state index contributed by atoms with van der Waals surface area (Å²) >= 11 is 0. The van der Waals surface area contributed by atoms with Crippen LogP contribution in [0.2, 0.25) is 0 Å². The molecule has 88 valence electrons. The molecule has 0 aromatic heterocycles. The Morgan fingerprint density at radius 1 is 1.40 bits per heavy atom. The fraction of sp³-hybridized carbons (Fsp3) is 0.700. The van der Waals surface area contributed by atoms with Crippen molar-refractivity contribution >= 4 is 5.97 Å². The highest BCUT2D eigenvalue weighted by Crippen LogP contribution is 2.05. The first-order chi connectivity index (χ1) is 7.19. The minimum absolute atomic E-state index is 0.310. The fourth-order valence-corrected chi connectivity index (χ4v) is 0.975. The van der Waals surface area contributed by atoms with Gasteiger partial charge in [-0.3, -0.25) is 0 Å². The molecule has 0 rings (SSSR count). The number of carbonyl (C=O) groups is 1. The monoisotopic (exact) mass is 218 g/mol. The molecule has 0 fully saturated rings. The summed E-state index contributed by atoms with van der Waals surface area (Å²) in [6, 6.07) is 0. The molecule has 15 heavy (non-hydrogen) atoms. The van der Waals surface area contributed by atoms with Crippen LogP contribution >= 0.6 is 0 Å². The molecule has 0 aromatic carbocycles. The van der Waals surface area contributed by atoms with E-state index < -0.39 is 24.8 Å². The first kappa shape index (κ1) is 14.1. The molecular formula is C10H18O5. The molecular weight excluding hydrogens is 200 g/mol. The SMILES string of the molecule is C=CC(=O)O[C@@H](CO)[C@@H](CO)OCCC. The first-order valence-electron chi connectivity index (χ1n) is 4.85. The number of esters is 1. The van der Waals surface area contributed by atoms with E-state index in [1.54, 1.807) is 0 Å². The normalized spacial score (nSPS) is 14.3. The lowest BCUT2D eigenvalue weighted by molar-refractivity contribution is -0.158. The van der Waals surface area contributed by atoms with Gasteiger partial charge in [0.1, 0.15) is 6.10 Å². The van der Waals surface area contributed by atoms with E-state index in [4.69, 9.17) is 19.7 Å². The topological polar surface area (TPSA) is 76.0 Å². The van der Waals surface area contributed by atoms with Crippen LogP contribution in [0.4, 0.5) is 0 Å². The molecule has 0 aliphatic heterocycles. The van der Waals surface area contributed by atoms with Gasteiger partial charge in [-0.2, -0.15) is 0 Å². The van der Waals surface area contributed by atoms with Crippen LogP contribution in [0.1, 0.15) is 13.3 Å². The summed E-state index contributed by atoms with van der Waals surface area (Å²) < 4.78 is 10.0. The summed E-state index contributed by atoms with van der Waals surface area (Å²) in [7, 11) is 0. The first-order valence-corrected chi connectivity index (χ1v) is 4.85. The summed E-state index contributed by atoms with van der Waals surface area (Å²) in [4.78, 5) is 10.9. The van der Waals surface area contributed by atoms with E-state index in [1.807, 2.05) is 6.92 Å². The quantitative estimate of drug-likeness (QED) is 0.438. The predicted molar refractivity (Wildman–Crippen MR) is 54.3 cm³/mol. The molecule has 0 spiro atoms. The number of hydrogen-bond acceptors (Lipinski definition) is 5. The maximum atomic E-state index is 10.9. The third-order valence-electron chi connectivity index (χ3n) is 1.74. The number of hydrogen-bond donors (Lipinski definition) is 2. The van der Waals surface area contributed by atoms with Crippen LogP contribution in [0.5, 0.6) is 0 Å². The van der Waals surface area contributed by atoms with Crippen molar-refractivity contribution in [3.05, 3.63) is 12.7 Å². The minimum atomic E-state index is -0.855. The third-order valence-corrected chi connectivity index (χ3v) is 1.74. The predicted octanol–water partition coefficient (Wildman–Crippen LogP) is -0.136. The average molecular weight is 218 g/mol. The Kier molecular flexibility index (Phi) is 7.89. The summed E-state index contributed by atoms with van der Waals surface area (Å²) in [6.45, 7) is 4.88. The van der Waals surface area contributed by atoms with Gasteiger partial charge in [-0.15, -0.1) is 0 Å². The number of aliphatic hydroxyl groups is 2. The van der Waals surface area contributed by atoms with Gasteiger partial charge in [0.2, 0.25) is 0 Å². The molecule has 0 bridgehead atoms. The van der Waals surface area contributed by atoms with E-state index in [1.165, 1.54) is 0 Å². The number of carbonyl (C=O) groups excluding carboxylic acids is 1. The second-order valence-corrected chi connectivity index (χ2v) is 2.95. The lowest BCUT2D eigenvalue weighted by Crippen LogP contribution is -2.38. The van der Waals surface area contributed by atoms with E-state index in [0.29, 0.717) is 6.61 Å². The highest BCUT2D eigenvalue weighted by atomic mass is 16.6. The molecule has 2 N–H and O–H groups in total. The second kappa shape index (κ2) is 8.40. The smallest absolute Gasteiger partial charge is 0.330 e.